The van der Waals surface area contributed by atoms with Crippen LogP contribution in [0.1, 0.15) is 31.5 Å². The van der Waals surface area contributed by atoms with Gasteiger partial charge in [0.25, 0.3) is 0 Å². The molecule has 0 unspecified atom stereocenters. The maximum atomic E-state index is 13.3. The number of nitrogens with one attached hydrogen (secondary N) is 1. The van der Waals surface area contributed by atoms with Crippen molar-refractivity contribution in [1.29, 1.82) is 0 Å². The largest absolute Gasteiger partial charge is 0.497 e. The number of carbonyl (C=O) groups is 1. The number of aromatic nitrogens is 2. The Kier molecular flexibility index (Phi) is 6.72. The molecule has 0 saturated carbocycles. The predicted octanol–water partition coefficient (Wildman–Crippen LogP) is 4.58. The number of halogens is 1. The Labute approximate surface area is 175 Å². The molecule has 1 aromatic heterocycles. The number of aryl methyl sites for hydroxylation is 1. The van der Waals surface area contributed by atoms with Crippen molar-refractivity contribution in [3.63, 3.8) is 0 Å². The highest BCUT2D eigenvalue weighted by Crippen LogP contribution is 2.32. The van der Waals surface area contributed by atoms with Crippen molar-refractivity contribution in [1.82, 2.24) is 15.1 Å². The van der Waals surface area contributed by atoms with Crippen molar-refractivity contribution in [2.24, 2.45) is 0 Å². The van der Waals surface area contributed by atoms with Gasteiger partial charge in [0.1, 0.15) is 17.3 Å². The van der Waals surface area contributed by atoms with E-state index in [1.165, 1.54) is 12.1 Å². The summed E-state index contributed by atoms with van der Waals surface area (Å²) in [6.45, 7) is 5.73. The number of rotatable bonds is 8. The van der Waals surface area contributed by atoms with E-state index in [1.807, 2.05) is 45.0 Å². The quantitative estimate of drug-likeness (QED) is 0.589. The first-order chi connectivity index (χ1) is 14.4. The lowest BCUT2D eigenvalue weighted by Gasteiger charge is -2.12. The van der Waals surface area contributed by atoms with Gasteiger partial charge in [0.15, 0.2) is 0 Å². The molecule has 2 aromatic carbocycles. The molecule has 3 aromatic rings. The van der Waals surface area contributed by atoms with E-state index in [2.05, 4.69) is 10.4 Å². The van der Waals surface area contributed by atoms with Crippen LogP contribution in [0, 0.1) is 12.7 Å². The maximum absolute atomic E-state index is 13.3. The van der Waals surface area contributed by atoms with E-state index in [0.29, 0.717) is 24.5 Å². The van der Waals surface area contributed by atoms with Crippen LogP contribution in [0.15, 0.2) is 48.5 Å². The number of hydrogen-bond donors (Lipinski definition) is 1. The third kappa shape index (κ3) is 5.17. The summed E-state index contributed by atoms with van der Waals surface area (Å²) in [5.41, 5.74) is 2.38. The molecule has 0 bridgehead atoms. The molecule has 0 radical (unpaired) electrons. The zero-order valence-corrected chi connectivity index (χ0v) is 17.6. The molecule has 3 rings (SSSR count). The molecule has 0 atom stereocenters. The Hall–Kier alpha value is -3.35. The van der Waals surface area contributed by atoms with Gasteiger partial charge in [0.05, 0.1) is 18.5 Å². The predicted molar refractivity (Wildman–Crippen MR) is 113 cm³/mol. The topological polar surface area (TPSA) is 65.4 Å². The molecule has 0 aliphatic rings. The first-order valence-corrected chi connectivity index (χ1v) is 9.83. The van der Waals surface area contributed by atoms with Gasteiger partial charge in [0, 0.05) is 18.0 Å². The van der Waals surface area contributed by atoms with E-state index in [0.717, 1.165) is 22.7 Å². The minimum atomic E-state index is -0.340. The second kappa shape index (κ2) is 9.43. The van der Waals surface area contributed by atoms with Crippen LogP contribution in [-0.4, -0.2) is 28.8 Å². The zero-order valence-electron chi connectivity index (χ0n) is 17.6. The molecule has 0 aliphatic heterocycles. The summed E-state index contributed by atoms with van der Waals surface area (Å²) in [5.74, 6) is 1.34. The number of hydrogen-bond acceptors (Lipinski definition) is 4. The van der Waals surface area contributed by atoms with Crippen LogP contribution < -0.4 is 14.8 Å². The van der Waals surface area contributed by atoms with Crippen LogP contribution in [-0.2, 0) is 11.2 Å². The highest BCUT2D eigenvalue weighted by molar-refractivity contribution is 5.76. The highest BCUT2D eigenvalue weighted by Gasteiger charge is 2.20. The smallest absolute Gasteiger partial charge is 0.226 e. The van der Waals surface area contributed by atoms with Crippen molar-refractivity contribution >= 4 is 5.91 Å². The van der Waals surface area contributed by atoms with Gasteiger partial charge in [-0.15, -0.1) is 0 Å². The minimum Gasteiger partial charge on any atom is -0.497 e. The first-order valence-electron chi connectivity index (χ1n) is 9.83. The van der Waals surface area contributed by atoms with E-state index in [-0.39, 0.29) is 17.8 Å². The molecule has 1 heterocycles. The highest BCUT2D eigenvalue weighted by atomic mass is 19.1. The molecule has 0 saturated heterocycles. The van der Waals surface area contributed by atoms with Gasteiger partial charge in [-0.05, 0) is 75.7 Å². The Balaban J connectivity index is 1.96. The third-order valence-electron chi connectivity index (χ3n) is 4.53. The fourth-order valence-electron chi connectivity index (χ4n) is 3.08. The Morgan fingerprint density at radius 1 is 1.10 bits per heavy atom. The molecule has 0 spiro atoms. The van der Waals surface area contributed by atoms with Crippen molar-refractivity contribution in [2.45, 2.75) is 39.7 Å². The van der Waals surface area contributed by atoms with Crippen LogP contribution >= 0.6 is 0 Å². The number of methoxy groups -OCH3 is 1. The molecule has 7 heteroatoms. The molecule has 1 amide bonds. The fourth-order valence-corrected chi connectivity index (χ4v) is 3.08. The van der Waals surface area contributed by atoms with Gasteiger partial charge < -0.3 is 14.8 Å². The van der Waals surface area contributed by atoms with Gasteiger partial charge in [-0.3, -0.25) is 4.79 Å². The number of ether oxygens (including phenoxy) is 2. The van der Waals surface area contributed by atoms with Crippen LogP contribution in [0.2, 0.25) is 0 Å². The summed E-state index contributed by atoms with van der Waals surface area (Å²) in [6.07, 6.45) is 0.782. The molecule has 6 nitrogen and oxygen atoms in total. The Morgan fingerprint density at radius 2 is 1.73 bits per heavy atom. The normalized spacial score (nSPS) is 10.9. The molecule has 0 aliphatic carbocycles. The van der Waals surface area contributed by atoms with Crippen molar-refractivity contribution < 1.29 is 18.7 Å². The van der Waals surface area contributed by atoms with Gasteiger partial charge in [-0.2, -0.15) is 5.10 Å². The van der Waals surface area contributed by atoms with Crippen LogP contribution in [0.4, 0.5) is 4.39 Å². The average Bonchev–Trinajstić information content (AvgIpc) is 3.03. The molecule has 0 fully saturated rings. The van der Waals surface area contributed by atoms with Crippen LogP contribution in [0.25, 0.3) is 5.69 Å². The van der Waals surface area contributed by atoms with Crippen LogP contribution in [0.5, 0.6) is 17.4 Å². The zero-order chi connectivity index (χ0) is 21.7. The third-order valence-corrected chi connectivity index (χ3v) is 4.53. The Morgan fingerprint density at radius 3 is 2.33 bits per heavy atom. The minimum absolute atomic E-state index is 0.0330. The lowest BCUT2D eigenvalue weighted by Crippen LogP contribution is -2.30. The number of benzene rings is 2. The lowest BCUT2D eigenvalue weighted by molar-refractivity contribution is -0.121. The lowest BCUT2D eigenvalue weighted by atomic mass is 10.1. The van der Waals surface area contributed by atoms with E-state index in [1.54, 1.807) is 23.9 Å². The summed E-state index contributed by atoms with van der Waals surface area (Å²) in [7, 11) is 1.61. The van der Waals surface area contributed by atoms with E-state index < -0.39 is 0 Å². The van der Waals surface area contributed by atoms with Crippen molar-refractivity contribution in [2.75, 3.05) is 7.11 Å². The molecule has 1 N–H and O–H groups in total. The average molecular weight is 411 g/mol. The van der Waals surface area contributed by atoms with Crippen molar-refractivity contribution in [3.8, 4) is 23.1 Å². The van der Waals surface area contributed by atoms with Gasteiger partial charge in [-0.25, -0.2) is 9.07 Å². The summed E-state index contributed by atoms with van der Waals surface area (Å²) >= 11 is 0. The van der Waals surface area contributed by atoms with Gasteiger partial charge >= 0.3 is 0 Å². The Bertz CT molecular complexity index is 996. The monoisotopic (exact) mass is 411 g/mol. The summed E-state index contributed by atoms with van der Waals surface area (Å²) in [4.78, 5) is 12.2. The van der Waals surface area contributed by atoms with Gasteiger partial charge in [0.2, 0.25) is 11.8 Å². The van der Waals surface area contributed by atoms with E-state index in [4.69, 9.17) is 9.47 Å². The fraction of sp³-hybridized carbons (Fsp3) is 0.304. The second-order valence-electron chi connectivity index (χ2n) is 7.26. The molecule has 158 valence electrons. The summed E-state index contributed by atoms with van der Waals surface area (Å²) < 4.78 is 26.3. The standard InChI is InChI=1S/C23H26FN3O3/c1-15(2)25-22(28)14-13-21-16(3)26-27(18-7-11-19(29-4)12-8-18)23(21)30-20-9-5-17(24)6-10-20/h5-12,15H,13-14H2,1-4H3,(H,25,28). The van der Waals surface area contributed by atoms with E-state index >= 15 is 0 Å². The van der Waals surface area contributed by atoms with E-state index in [9.17, 15) is 9.18 Å². The second-order valence-corrected chi connectivity index (χ2v) is 7.26. The van der Waals surface area contributed by atoms with Crippen LogP contribution in [0.3, 0.4) is 0 Å². The van der Waals surface area contributed by atoms with Gasteiger partial charge in [-0.1, -0.05) is 0 Å². The molecular weight excluding hydrogens is 385 g/mol. The summed E-state index contributed by atoms with van der Waals surface area (Å²) in [5, 5.41) is 7.53. The van der Waals surface area contributed by atoms with Crippen molar-refractivity contribution in [3.05, 3.63) is 65.6 Å². The number of nitrogens with zero attached hydrogens (tertiary/aromatic N) is 2. The summed E-state index contributed by atoms with van der Waals surface area (Å²) in [6, 6.07) is 13.3. The number of carbonyl (C=O) groups excluding carboxylic acids is 1. The number of amides is 1. The SMILES string of the molecule is COc1ccc(-n2nc(C)c(CCC(=O)NC(C)C)c2Oc2ccc(F)cc2)cc1. The molecule has 30 heavy (non-hydrogen) atoms. The first kappa shape index (κ1) is 21.4. The maximum Gasteiger partial charge on any atom is 0.226 e. The molecular formula is C23H26FN3O3.